The van der Waals surface area contributed by atoms with Crippen molar-refractivity contribution in [2.24, 2.45) is 0 Å². The molecule has 0 aliphatic carbocycles. The van der Waals surface area contributed by atoms with E-state index in [1.165, 1.54) is 33.4 Å². The molecule has 0 unspecified atom stereocenters. The largest absolute Gasteiger partial charge is 0.510 e. The van der Waals surface area contributed by atoms with E-state index >= 15 is 0 Å². The predicted octanol–water partition coefficient (Wildman–Crippen LogP) is 15.8. The summed E-state index contributed by atoms with van der Waals surface area (Å²) in [7, 11) is 0. The van der Waals surface area contributed by atoms with E-state index in [1.807, 2.05) is 12.3 Å². The van der Waals surface area contributed by atoms with E-state index in [1.54, 1.807) is 0 Å². The number of benzene rings is 7. The van der Waals surface area contributed by atoms with Crippen molar-refractivity contribution in [1.29, 1.82) is 0 Å². The van der Waals surface area contributed by atoms with Crippen LogP contribution >= 0.6 is 0 Å². The third kappa shape index (κ3) is 9.22. The van der Waals surface area contributed by atoms with Gasteiger partial charge in [0, 0.05) is 60.8 Å². The van der Waals surface area contributed by atoms with Gasteiger partial charge in [0.25, 0.3) is 6.33 Å². The molecule has 5 nitrogen and oxygen atoms in total. The summed E-state index contributed by atoms with van der Waals surface area (Å²) in [6.45, 7) is 24.9. The number of hydrogen-bond acceptors (Lipinski definition) is 2. The van der Waals surface area contributed by atoms with Crippen molar-refractivity contribution in [2.45, 2.75) is 98.3 Å². The second kappa shape index (κ2) is 19.1. The van der Waals surface area contributed by atoms with Gasteiger partial charge >= 0.3 is 0 Å². The fourth-order valence-corrected chi connectivity index (χ4v) is 9.98. The van der Waals surface area contributed by atoms with Crippen LogP contribution in [0.2, 0.25) is 0 Å². The first-order valence-corrected chi connectivity index (χ1v) is 24.6. The molecule has 0 fully saturated rings. The molecule has 0 atom stereocenters. The Balaban J connectivity index is 0.00000624. The maximum Gasteiger partial charge on any atom is 0.267 e. The van der Waals surface area contributed by atoms with E-state index < -0.39 is 0 Å². The Kier molecular flexibility index (Phi) is 13.2. The number of imidazole rings is 1. The van der Waals surface area contributed by atoms with E-state index in [2.05, 4.69) is 266 Å². The fourth-order valence-electron chi connectivity index (χ4n) is 9.98. The summed E-state index contributed by atoms with van der Waals surface area (Å²) in [6.07, 6.45) is 5.73. The van der Waals surface area contributed by atoms with Crippen LogP contribution in [-0.2, 0) is 37.3 Å². The summed E-state index contributed by atoms with van der Waals surface area (Å²) in [5.41, 5.74) is 15.2. The number of rotatable bonds is 11. The molecule has 7 aromatic carbocycles. The molecule has 3 heterocycles. The summed E-state index contributed by atoms with van der Waals surface area (Å²) in [5, 5.41) is 2.20. The van der Waals surface area contributed by atoms with E-state index in [0.29, 0.717) is 17.4 Å². The van der Waals surface area contributed by atoms with Crippen LogP contribution in [0.1, 0.15) is 113 Å². The Morgan fingerprint density at radius 3 is 1.90 bits per heavy atom. The molecular formula is C65H62N4OPt-2. The zero-order valence-corrected chi connectivity index (χ0v) is 45.0. The number of para-hydroxylation sites is 1. The third-order valence-corrected chi connectivity index (χ3v) is 14.6. The van der Waals surface area contributed by atoms with Gasteiger partial charge in [0.15, 0.2) is 0 Å². The minimum atomic E-state index is -0.242. The van der Waals surface area contributed by atoms with Crippen LogP contribution in [-0.4, -0.2) is 14.1 Å². The maximum absolute atomic E-state index is 6.96. The third-order valence-electron chi connectivity index (χ3n) is 14.6. The first-order valence-electron chi connectivity index (χ1n) is 24.6. The van der Waals surface area contributed by atoms with Gasteiger partial charge in [0.2, 0.25) is 0 Å². The second-order valence-corrected chi connectivity index (χ2v) is 21.2. The zero-order chi connectivity index (χ0) is 49.1. The average Bonchev–Trinajstić information content (AvgIpc) is 3.86. The van der Waals surface area contributed by atoms with Crippen molar-refractivity contribution in [3.63, 3.8) is 0 Å². The van der Waals surface area contributed by atoms with Crippen molar-refractivity contribution >= 4 is 21.8 Å². The summed E-state index contributed by atoms with van der Waals surface area (Å²) in [6, 6.07) is 66.0. The number of pyridine rings is 1. The topological polar surface area (TPSA) is 35.9 Å². The molecule has 0 saturated heterocycles. The van der Waals surface area contributed by atoms with E-state index in [0.717, 1.165) is 61.5 Å². The molecule has 0 N–H and O–H groups in total. The van der Waals surface area contributed by atoms with E-state index in [-0.39, 0.29) is 37.3 Å². The zero-order valence-electron chi connectivity index (χ0n) is 42.8. The number of fused-ring (bicyclic) bond motifs is 3. The minimum absolute atomic E-state index is 0. The SMILES string of the molecule is Cc1c(C)[n+](-c2cc(C(C)(C)C)cc(C(C)(C)c3ccccc3)c2)[c-]n1-c1[c-]c(Oc2[c-]c3c(cc2)c2ccccc2n3-c2cc(C(C)(C)c3ccccc3)ccn2)cc(-c2ccccc2C(C)C)c1.[Pt]. The second-order valence-electron chi connectivity index (χ2n) is 21.2. The molecule has 0 aliphatic rings. The van der Waals surface area contributed by atoms with Crippen molar-refractivity contribution in [2.75, 3.05) is 0 Å². The summed E-state index contributed by atoms with van der Waals surface area (Å²) < 4.78 is 13.5. The Bertz CT molecular complexity index is 3550. The summed E-state index contributed by atoms with van der Waals surface area (Å²) >= 11 is 0. The van der Waals surface area contributed by atoms with Gasteiger partial charge in [-0.2, -0.15) is 12.1 Å². The van der Waals surface area contributed by atoms with Crippen LogP contribution in [0.5, 0.6) is 11.5 Å². The summed E-state index contributed by atoms with van der Waals surface area (Å²) in [4.78, 5) is 4.99. The van der Waals surface area contributed by atoms with Crippen LogP contribution in [0.25, 0.3) is 50.1 Å². The number of hydrogen-bond donors (Lipinski definition) is 0. The molecule has 0 radical (unpaired) electrons. The van der Waals surface area contributed by atoms with Gasteiger partial charge in [-0.25, -0.2) is 4.98 Å². The Labute approximate surface area is 435 Å². The van der Waals surface area contributed by atoms with E-state index in [4.69, 9.17) is 9.72 Å². The van der Waals surface area contributed by atoms with Crippen molar-refractivity contribution in [1.82, 2.24) is 14.1 Å². The standard InChI is InChI=1S/C65H62N4O.Pt/c1-43(2)56-26-18-19-27-57(56)46-34-52(67-42-68(45(4)44(67)3)53-37-50(63(5,6)7)36-51(38-53)65(10,11)48-24-16-13-17-25-48)40-55(35-46)70-54-30-31-59-58-28-20-21-29-60(58)69(61(59)41-54)62-39-49(32-33-66-62)64(8,9)47-22-14-12-15-23-47;/h12-39,43H,1-11H3;/q-2;. The molecule has 0 aliphatic heterocycles. The van der Waals surface area contributed by atoms with Crippen LogP contribution in [0.3, 0.4) is 0 Å². The first-order chi connectivity index (χ1) is 33.5. The fraction of sp³-hybridized carbons (Fsp3) is 0.231. The normalized spacial score (nSPS) is 12.2. The average molecular weight is 1110 g/mol. The maximum atomic E-state index is 6.96. The molecule has 0 saturated carbocycles. The number of ether oxygens (including phenoxy) is 1. The van der Waals surface area contributed by atoms with Crippen molar-refractivity contribution in [3.05, 3.63) is 233 Å². The first kappa shape index (κ1) is 49.2. The molecule has 360 valence electrons. The van der Waals surface area contributed by atoms with Crippen LogP contribution in [0.15, 0.2) is 170 Å². The molecular weight excluding hydrogens is 1050 g/mol. The Morgan fingerprint density at radius 1 is 0.577 bits per heavy atom. The molecule has 10 rings (SSSR count). The summed E-state index contributed by atoms with van der Waals surface area (Å²) in [5.74, 6) is 2.31. The van der Waals surface area contributed by atoms with E-state index in [9.17, 15) is 0 Å². The molecule has 6 heteroatoms. The number of aromatic nitrogens is 4. The smallest absolute Gasteiger partial charge is 0.267 e. The molecule has 3 aromatic heterocycles. The van der Waals surface area contributed by atoms with Gasteiger partial charge in [0.1, 0.15) is 5.82 Å². The number of nitrogens with zero attached hydrogens (tertiary/aromatic N) is 4. The van der Waals surface area contributed by atoms with Crippen LogP contribution in [0, 0.1) is 32.3 Å². The Morgan fingerprint density at radius 2 is 1.21 bits per heavy atom. The van der Waals surface area contributed by atoms with Gasteiger partial charge in [-0.1, -0.05) is 177 Å². The quantitative estimate of drug-likeness (QED) is 0.0956. The minimum Gasteiger partial charge on any atom is -0.510 e. The van der Waals surface area contributed by atoms with Crippen molar-refractivity contribution in [3.8, 4) is 39.8 Å². The van der Waals surface area contributed by atoms with Gasteiger partial charge in [-0.05, 0) is 106 Å². The monoisotopic (exact) mass is 1110 g/mol. The Hall–Kier alpha value is -6.81. The van der Waals surface area contributed by atoms with Gasteiger partial charge in [0.05, 0.1) is 11.4 Å². The molecule has 0 amide bonds. The molecule has 10 aromatic rings. The molecule has 0 bridgehead atoms. The van der Waals surface area contributed by atoms with Crippen LogP contribution in [0.4, 0.5) is 0 Å². The predicted molar refractivity (Wildman–Crippen MR) is 287 cm³/mol. The molecule has 0 spiro atoms. The van der Waals surface area contributed by atoms with Gasteiger partial charge in [-0.3, -0.25) is 4.57 Å². The van der Waals surface area contributed by atoms with Crippen LogP contribution < -0.4 is 9.30 Å². The van der Waals surface area contributed by atoms with Gasteiger partial charge in [-0.15, -0.1) is 35.2 Å². The van der Waals surface area contributed by atoms with Gasteiger partial charge < -0.3 is 13.9 Å². The molecule has 71 heavy (non-hydrogen) atoms. The van der Waals surface area contributed by atoms with Crippen molar-refractivity contribution < 1.29 is 30.4 Å².